The number of benzene rings is 2. The lowest BCUT2D eigenvalue weighted by Gasteiger charge is -2.25. The third-order valence-corrected chi connectivity index (χ3v) is 4.63. The minimum Gasteiger partial charge on any atom is -0.462 e. The van der Waals surface area contributed by atoms with E-state index in [0.717, 1.165) is 24.5 Å². The molecule has 0 amide bonds. The van der Waals surface area contributed by atoms with Crippen LogP contribution in [0.25, 0.3) is 0 Å². The van der Waals surface area contributed by atoms with Crippen LogP contribution < -0.4 is 10.2 Å². The van der Waals surface area contributed by atoms with Gasteiger partial charge in [0.05, 0.1) is 23.5 Å². The number of ether oxygens (including phenoxy) is 1. The zero-order valence-electron chi connectivity index (χ0n) is 15.0. The molecular formula is C21H26N2O2. The van der Waals surface area contributed by atoms with E-state index in [4.69, 9.17) is 4.74 Å². The summed E-state index contributed by atoms with van der Waals surface area (Å²) in [6.45, 7) is 6.43. The second-order valence-electron chi connectivity index (χ2n) is 6.42. The molecule has 0 spiro atoms. The molecule has 4 nitrogen and oxygen atoms in total. The molecule has 1 unspecified atom stereocenters. The van der Waals surface area contributed by atoms with E-state index >= 15 is 0 Å². The Bertz CT molecular complexity index is 709. The molecule has 1 atom stereocenters. The molecule has 2 aromatic rings. The predicted molar refractivity (Wildman–Crippen MR) is 102 cm³/mol. The number of nitrogens with one attached hydrogen (secondary N) is 1. The molecule has 4 heteroatoms. The molecule has 25 heavy (non-hydrogen) atoms. The quantitative estimate of drug-likeness (QED) is 0.779. The Hall–Kier alpha value is -2.49. The highest BCUT2D eigenvalue weighted by atomic mass is 16.5. The van der Waals surface area contributed by atoms with Crippen molar-refractivity contribution in [2.75, 3.05) is 29.9 Å². The van der Waals surface area contributed by atoms with Gasteiger partial charge in [-0.3, -0.25) is 0 Å². The van der Waals surface area contributed by atoms with Gasteiger partial charge in [0.25, 0.3) is 0 Å². The van der Waals surface area contributed by atoms with E-state index in [1.54, 1.807) is 0 Å². The number of anilines is 2. The molecule has 3 rings (SSSR count). The Labute approximate surface area is 149 Å². The van der Waals surface area contributed by atoms with E-state index in [1.807, 2.05) is 31.2 Å². The van der Waals surface area contributed by atoms with Gasteiger partial charge in [0.1, 0.15) is 0 Å². The average Bonchev–Trinajstić information content (AvgIpc) is 3.17. The highest BCUT2D eigenvalue weighted by Gasteiger charge is 2.19. The summed E-state index contributed by atoms with van der Waals surface area (Å²) in [6, 6.07) is 16.4. The normalized spacial score (nSPS) is 15.0. The summed E-state index contributed by atoms with van der Waals surface area (Å²) < 4.78 is 5.16. The van der Waals surface area contributed by atoms with Gasteiger partial charge in [0, 0.05) is 19.1 Å². The van der Waals surface area contributed by atoms with E-state index in [-0.39, 0.29) is 12.0 Å². The van der Waals surface area contributed by atoms with Crippen molar-refractivity contribution in [3.05, 3.63) is 59.7 Å². The van der Waals surface area contributed by atoms with E-state index in [1.165, 1.54) is 18.4 Å². The number of nitrogens with zero attached hydrogens (tertiary/aromatic N) is 1. The molecule has 1 heterocycles. The second kappa shape index (κ2) is 8.06. The molecule has 0 radical (unpaired) electrons. The van der Waals surface area contributed by atoms with Crippen molar-refractivity contribution in [3.8, 4) is 0 Å². The lowest BCUT2D eigenvalue weighted by atomic mass is 10.1. The number of hydrogen-bond acceptors (Lipinski definition) is 4. The van der Waals surface area contributed by atoms with Crippen molar-refractivity contribution in [2.24, 2.45) is 0 Å². The first-order valence-electron chi connectivity index (χ1n) is 9.06. The van der Waals surface area contributed by atoms with E-state index in [0.29, 0.717) is 12.2 Å². The van der Waals surface area contributed by atoms with Crippen LogP contribution in [0, 0.1) is 0 Å². The van der Waals surface area contributed by atoms with Gasteiger partial charge in [-0.2, -0.15) is 0 Å². The van der Waals surface area contributed by atoms with E-state index in [9.17, 15) is 4.79 Å². The number of esters is 1. The summed E-state index contributed by atoms with van der Waals surface area (Å²) in [7, 11) is 0. The summed E-state index contributed by atoms with van der Waals surface area (Å²) in [6.07, 6.45) is 2.38. The fourth-order valence-electron chi connectivity index (χ4n) is 3.27. The maximum absolute atomic E-state index is 12.1. The second-order valence-corrected chi connectivity index (χ2v) is 6.42. The Morgan fingerprint density at radius 1 is 1.16 bits per heavy atom. The Kier molecular flexibility index (Phi) is 5.59. The summed E-state index contributed by atoms with van der Waals surface area (Å²) in [4.78, 5) is 14.5. The number of hydrogen-bond donors (Lipinski definition) is 1. The van der Waals surface area contributed by atoms with Gasteiger partial charge in [0.2, 0.25) is 0 Å². The zero-order valence-corrected chi connectivity index (χ0v) is 15.0. The molecule has 132 valence electrons. The van der Waals surface area contributed by atoms with Crippen molar-refractivity contribution in [1.82, 2.24) is 0 Å². The molecule has 1 aliphatic rings. The van der Waals surface area contributed by atoms with Gasteiger partial charge >= 0.3 is 5.97 Å². The highest BCUT2D eigenvalue weighted by molar-refractivity contribution is 5.92. The van der Waals surface area contributed by atoms with Gasteiger partial charge in [-0.15, -0.1) is 0 Å². The van der Waals surface area contributed by atoms with E-state index < -0.39 is 0 Å². The summed E-state index contributed by atoms with van der Waals surface area (Å²) in [5.41, 5.74) is 4.00. The SMILES string of the molecule is CCOC(=O)c1ccc(NC(C)c2ccccc2)c(N2CCCC2)c1. The predicted octanol–water partition coefficient (Wildman–Crippen LogP) is 4.64. The van der Waals surface area contributed by atoms with Gasteiger partial charge in [0.15, 0.2) is 0 Å². The maximum Gasteiger partial charge on any atom is 0.338 e. The van der Waals surface area contributed by atoms with Gasteiger partial charge < -0.3 is 15.0 Å². The minimum absolute atomic E-state index is 0.191. The maximum atomic E-state index is 12.1. The first-order chi connectivity index (χ1) is 12.2. The van der Waals surface area contributed by atoms with E-state index in [2.05, 4.69) is 41.4 Å². The van der Waals surface area contributed by atoms with Crippen LogP contribution in [-0.4, -0.2) is 25.7 Å². The third-order valence-electron chi connectivity index (χ3n) is 4.63. The highest BCUT2D eigenvalue weighted by Crippen LogP contribution is 2.33. The van der Waals surface area contributed by atoms with Crippen LogP contribution in [0.3, 0.4) is 0 Å². The number of rotatable bonds is 6. The van der Waals surface area contributed by atoms with Crippen molar-refractivity contribution < 1.29 is 9.53 Å². The lowest BCUT2D eigenvalue weighted by molar-refractivity contribution is 0.0526. The van der Waals surface area contributed by atoms with Gasteiger partial charge in [-0.1, -0.05) is 30.3 Å². The lowest BCUT2D eigenvalue weighted by Crippen LogP contribution is -2.21. The Balaban J connectivity index is 1.87. The van der Waals surface area contributed by atoms with Gasteiger partial charge in [-0.25, -0.2) is 4.79 Å². The van der Waals surface area contributed by atoms with Crippen molar-refractivity contribution in [2.45, 2.75) is 32.7 Å². The summed E-state index contributed by atoms with van der Waals surface area (Å²) in [5.74, 6) is -0.259. The Morgan fingerprint density at radius 2 is 1.88 bits per heavy atom. The first-order valence-corrected chi connectivity index (χ1v) is 9.06. The van der Waals surface area contributed by atoms with Crippen LogP contribution in [-0.2, 0) is 4.74 Å². The van der Waals surface area contributed by atoms with Crippen molar-refractivity contribution in [3.63, 3.8) is 0 Å². The molecule has 1 fully saturated rings. The molecule has 2 aromatic carbocycles. The molecule has 1 aliphatic heterocycles. The molecular weight excluding hydrogens is 312 g/mol. The van der Waals surface area contributed by atoms with Crippen LogP contribution in [0.2, 0.25) is 0 Å². The topological polar surface area (TPSA) is 41.6 Å². The first kappa shape index (κ1) is 17.3. The molecule has 0 saturated carbocycles. The van der Waals surface area contributed by atoms with Crippen molar-refractivity contribution >= 4 is 17.3 Å². The monoisotopic (exact) mass is 338 g/mol. The Morgan fingerprint density at radius 3 is 2.56 bits per heavy atom. The van der Waals surface area contributed by atoms with Crippen LogP contribution in [0.5, 0.6) is 0 Å². The fourth-order valence-corrected chi connectivity index (χ4v) is 3.27. The molecule has 1 saturated heterocycles. The van der Waals surface area contributed by atoms with Crippen LogP contribution >= 0.6 is 0 Å². The summed E-state index contributed by atoms with van der Waals surface area (Å²) in [5, 5.41) is 3.61. The largest absolute Gasteiger partial charge is 0.462 e. The number of carbonyl (C=O) groups excluding carboxylic acids is 1. The molecule has 0 aliphatic carbocycles. The smallest absolute Gasteiger partial charge is 0.338 e. The fraction of sp³-hybridized carbons (Fsp3) is 0.381. The van der Waals surface area contributed by atoms with Crippen molar-refractivity contribution in [1.29, 1.82) is 0 Å². The van der Waals surface area contributed by atoms with Crippen LogP contribution in [0.4, 0.5) is 11.4 Å². The van der Waals surface area contributed by atoms with Crippen LogP contribution in [0.15, 0.2) is 48.5 Å². The average molecular weight is 338 g/mol. The summed E-state index contributed by atoms with van der Waals surface area (Å²) >= 11 is 0. The molecule has 0 bridgehead atoms. The minimum atomic E-state index is -0.259. The molecule has 0 aromatic heterocycles. The molecule has 1 N–H and O–H groups in total. The standard InChI is InChI=1S/C21H26N2O2/c1-3-25-21(24)18-11-12-19(20(15-18)23-13-7-8-14-23)22-16(2)17-9-5-4-6-10-17/h4-6,9-12,15-16,22H,3,7-8,13-14H2,1-2H3. The number of carbonyl (C=O) groups is 1. The zero-order chi connectivity index (χ0) is 17.6. The van der Waals surface area contributed by atoms with Crippen LogP contribution in [0.1, 0.15) is 48.7 Å². The van der Waals surface area contributed by atoms with Gasteiger partial charge in [-0.05, 0) is 50.5 Å². The third kappa shape index (κ3) is 4.13.